The number of H-pyrrole nitrogens is 1. The Balaban J connectivity index is 2.17. The van der Waals surface area contributed by atoms with E-state index in [0.29, 0.717) is 6.61 Å². The lowest BCUT2D eigenvalue weighted by molar-refractivity contribution is 0.0902. The number of rotatable bonds is 1. The second kappa shape index (κ2) is 3.40. The highest BCUT2D eigenvalue weighted by Gasteiger charge is 2.23. The summed E-state index contributed by atoms with van der Waals surface area (Å²) in [6, 6.07) is 3.91. The summed E-state index contributed by atoms with van der Waals surface area (Å²) in [6.45, 7) is 4.65. The number of benzene rings is 1. The lowest BCUT2D eigenvalue weighted by Gasteiger charge is -2.25. The molecule has 16 heavy (non-hydrogen) atoms. The molecule has 4 heteroatoms. The van der Waals surface area contributed by atoms with Crippen molar-refractivity contribution in [3.8, 4) is 11.5 Å². The Morgan fingerprint density at radius 2 is 2.38 bits per heavy atom. The average molecular weight is 218 g/mol. The molecule has 2 heterocycles. The van der Waals surface area contributed by atoms with E-state index in [2.05, 4.69) is 16.9 Å². The van der Waals surface area contributed by atoms with Crippen LogP contribution in [-0.2, 0) is 0 Å². The van der Waals surface area contributed by atoms with Gasteiger partial charge in [-0.1, -0.05) is 6.92 Å². The maximum Gasteiger partial charge on any atom is 0.189 e. The van der Waals surface area contributed by atoms with Crippen molar-refractivity contribution in [3.05, 3.63) is 18.0 Å². The van der Waals surface area contributed by atoms with Crippen molar-refractivity contribution < 1.29 is 9.47 Å². The van der Waals surface area contributed by atoms with E-state index >= 15 is 0 Å². The lowest BCUT2D eigenvalue weighted by atomic mass is 10.2. The van der Waals surface area contributed by atoms with Gasteiger partial charge in [0.05, 0.1) is 5.52 Å². The molecule has 0 bridgehead atoms. The summed E-state index contributed by atoms with van der Waals surface area (Å²) in [6.07, 6.45) is 1.08. The molecule has 0 fully saturated rings. The van der Waals surface area contributed by atoms with Gasteiger partial charge >= 0.3 is 0 Å². The Labute approximate surface area is 93.6 Å². The van der Waals surface area contributed by atoms with E-state index in [1.54, 1.807) is 0 Å². The Bertz CT molecular complexity index is 533. The molecular formula is C12H14N2O2. The lowest BCUT2D eigenvalue weighted by Crippen LogP contribution is -2.28. The summed E-state index contributed by atoms with van der Waals surface area (Å²) < 4.78 is 11.6. The zero-order valence-electron chi connectivity index (χ0n) is 9.41. The van der Waals surface area contributed by atoms with Crippen LogP contribution in [0.2, 0.25) is 0 Å². The molecule has 0 radical (unpaired) electrons. The van der Waals surface area contributed by atoms with Crippen molar-refractivity contribution >= 4 is 11.0 Å². The van der Waals surface area contributed by atoms with Gasteiger partial charge in [0.2, 0.25) is 0 Å². The molecule has 84 valence electrons. The van der Waals surface area contributed by atoms with Crippen LogP contribution < -0.4 is 9.47 Å². The third-order valence-corrected chi connectivity index (χ3v) is 2.86. The first-order chi connectivity index (χ1) is 7.78. The zero-order chi connectivity index (χ0) is 11.1. The van der Waals surface area contributed by atoms with Gasteiger partial charge in [-0.25, -0.2) is 4.98 Å². The van der Waals surface area contributed by atoms with Gasteiger partial charge in [0, 0.05) is 0 Å². The van der Waals surface area contributed by atoms with Crippen LogP contribution in [0.4, 0.5) is 0 Å². The smallest absolute Gasteiger partial charge is 0.189 e. The van der Waals surface area contributed by atoms with Gasteiger partial charge < -0.3 is 14.5 Å². The minimum absolute atomic E-state index is 0.134. The topological polar surface area (TPSA) is 47.1 Å². The van der Waals surface area contributed by atoms with Crippen molar-refractivity contribution in [2.45, 2.75) is 26.4 Å². The van der Waals surface area contributed by atoms with Gasteiger partial charge in [-0.15, -0.1) is 0 Å². The number of nitrogens with zero attached hydrogens (tertiary/aromatic N) is 1. The summed E-state index contributed by atoms with van der Waals surface area (Å²) in [5, 5.41) is 0. The molecule has 3 rings (SSSR count). The van der Waals surface area contributed by atoms with E-state index < -0.39 is 0 Å². The summed E-state index contributed by atoms with van der Waals surface area (Å²) >= 11 is 0. The number of hydrogen-bond acceptors (Lipinski definition) is 3. The standard InChI is InChI=1S/C12H14N2O2/c1-3-8-6-15-10-5-4-9-11(12(10)16-8)14-7(2)13-9/h4-5,8H,3,6H2,1-2H3,(H,13,14). The SMILES string of the molecule is CCC1COc2ccc3[nH]c(C)nc3c2O1. The van der Waals surface area contributed by atoms with Crippen LogP contribution >= 0.6 is 0 Å². The maximum absolute atomic E-state index is 5.90. The van der Waals surface area contributed by atoms with Crippen molar-refractivity contribution in [2.75, 3.05) is 6.61 Å². The van der Waals surface area contributed by atoms with Crippen LogP contribution in [0.1, 0.15) is 19.2 Å². The normalized spacial score (nSPS) is 19.0. The number of fused-ring (bicyclic) bond motifs is 3. The fraction of sp³-hybridized carbons (Fsp3) is 0.417. The number of ether oxygens (including phenoxy) is 2. The van der Waals surface area contributed by atoms with E-state index in [0.717, 1.165) is 34.8 Å². The second-order valence-electron chi connectivity index (χ2n) is 4.07. The molecule has 0 amide bonds. The molecule has 0 saturated carbocycles. The van der Waals surface area contributed by atoms with Gasteiger partial charge in [-0.2, -0.15) is 0 Å². The van der Waals surface area contributed by atoms with Crippen LogP contribution in [-0.4, -0.2) is 22.7 Å². The van der Waals surface area contributed by atoms with Crippen LogP contribution in [0.15, 0.2) is 12.1 Å². The fourth-order valence-electron chi connectivity index (χ4n) is 1.97. The first-order valence-electron chi connectivity index (χ1n) is 5.56. The molecule has 2 aromatic rings. The first-order valence-corrected chi connectivity index (χ1v) is 5.56. The molecule has 1 aliphatic heterocycles. The fourth-order valence-corrected chi connectivity index (χ4v) is 1.97. The van der Waals surface area contributed by atoms with E-state index in [4.69, 9.17) is 9.47 Å². The van der Waals surface area contributed by atoms with Crippen LogP contribution in [0.25, 0.3) is 11.0 Å². The maximum atomic E-state index is 5.90. The Morgan fingerprint density at radius 3 is 3.19 bits per heavy atom. The largest absolute Gasteiger partial charge is 0.486 e. The van der Waals surface area contributed by atoms with Crippen LogP contribution in [0.5, 0.6) is 11.5 Å². The summed E-state index contributed by atoms with van der Waals surface area (Å²) in [7, 11) is 0. The Kier molecular flexibility index (Phi) is 2.02. The number of aryl methyl sites for hydroxylation is 1. The zero-order valence-corrected chi connectivity index (χ0v) is 9.41. The van der Waals surface area contributed by atoms with Crippen molar-refractivity contribution in [2.24, 2.45) is 0 Å². The predicted molar refractivity (Wildman–Crippen MR) is 61.0 cm³/mol. The minimum atomic E-state index is 0.134. The summed E-state index contributed by atoms with van der Waals surface area (Å²) in [5.74, 6) is 2.47. The van der Waals surface area contributed by atoms with E-state index in [1.165, 1.54) is 0 Å². The van der Waals surface area contributed by atoms with Gasteiger partial charge in [0.15, 0.2) is 11.5 Å². The van der Waals surface area contributed by atoms with Crippen molar-refractivity contribution in [1.82, 2.24) is 9.97 Å². The van der Waals surface area contributed by atoms with Crippen LogP contribution in [0.3, 0.4) is 0 Å². The Hall–Kier alpha value is -1.71. The van der Waals surface area contributed by atoms with Gasteiger partial charge in [-0.3, -0.25) is 0 Å². The quantitative estimate of drug-likeness (QED) is 0.799. The number of imidazole rings is 1. The van der Waals surface area contributed by atoms with Crippen molar-refractivity contribution in [3.63, 3.8) is 0 Å². The minimum Gasteiger partial charge on any atom is -0.486 e. The molecule has 1 aromatic carbocycles. The third-order valence-electron chi connectivity index (χ3n) is 2.86. The molecule has 4 nitrogen and oxygen atoms in total. The molecular weight excluding hydrogens is 204 g/mol. The van der Waals surface area contributed by atoms with E-state index in [9.17, 15) is 0 Å². The molecule has 0 aliphatic carbocycles. The monoisotopic (exact) mass is 218 g/mol. The van der Waals surface area contributed by atoms with Gasteiger partial charge in [0.1, 0.15) is 24.1 Å². The molecule has 0 saturated heterocycles. The second-order valence-corrected chi connectivity index (χ2v) is 4.07. The van der Waals surface area contributed by atoms with Gasteiger partial charge in [-0.05, 0) is 25.5 Å². The molecule has 1 aliphatic rings. The molecule has 0 spiro atoms. The van der Waals surface area contributed by atoms with E-state index in [-0.39, 0.29) is 6.10 Å². The molecule has 1 N–H and O–H groups in total. The molecule has 1 aromatic heterocycles. The Morgan fingerprint density at radius 1 is 1.50 bits per heavy atom. The van der Waals surface area contributed by atoms with Gasteiger partial charge in [0.25, 0.3) is 0 Å². The number of nitrogens with one attached hydrogen (secondary N) is 1. The number of hydrogen-bond donors (Lipinski definition) is 1. The summed E-state index contributed by atoms with van der Waals surface area (Å²) in [5.41, 5.74) is 1.87. The number of aromatic amines is 1. The van der Waals surface area contributed by atoms with E-state index in [1.807, 2.05) is 19.1 Å². The summed E-state index contributed by atoms with van der Waals surface area (Å²) in [4.78, 5) is 7.63. The third kappa shape index (κ3) is 1.33. The first kappa shape index (κ1) is 9.51. The highest BCUT2D eigenvalue weighted by atomic mass is 16.6. The molecule has 1 atom stereocenters. The van der Waals surface area contributed by atoms with Crippen LogP contribution in [0, 0.1) is 6.92 Å². The highest BCUT2D eigenvalue weighted by molar-refractivity contribution is 5.85. The average Bonchev–Trinajstić information content (AvgIpc) is 2.69. The highest BCUT2D eigenvalue weighted by Crippen LogP contribution is 2.38. The predicted octanol–water partition coefficient (Wildman–Crippen LogP) is 2.42. The molecule has 1 unspecified atom stereocenters. The van der Waals surface area contributed by atoms with Crippen molar-refractivity contribution in [1.29, 1.82) is 0 Å². The number of aromatic nitrogens is 2.